The second kappa shape index (κ2) is 5.46. The third kappa shape index (κ3) is 2.88. The predicted octanol–water partition coefficient (Wildman–Crippen LogP) is 3.75. The Morgan fingerprint density at radius 2 is 1.90 bits per heavy atom. The van der Waals surface area contributed by atoms with E-state index in [0.717, 1.165) is 12.1 Å². The Kier molecular flexibility index (Phi) is 3.89. The number of halogens is 3. The molecule has 104 valence electrons. The molecule has 0 aliphatic heterocycles. The molecule has 4 nitrogen and oxygen atoms in total. The van der Waals surface area contributed by atoms with Crippen LogP contribution in [0.15, 0.2) is 34.8 Å². The molecule has 0 heterocycles. The lowest BCUT2D eigenvalue weighted by Gasteiger charge is -2.10. The molecule has 0 radical (unpaired) electrons. The summed E-state index contributed by atoms with van der Waals surface area (Å²) in [5.74, 6) is -2.42. The summed E-state index contributed by atoms with van der Waals surface area (Å²) in [4.78, 5) is 10.9. The van der Waals surface area contributed by atoms with Gasteiger partial charge in [-0.1, -0.05) is 0 Å². The third-order valence-corrected chi connectivity index (χ3v) is 3.18. The Hall–Kier alpha value is -2.15. The minimum absolute atomic E-state index is 0.0601. The fourth-order valence-corrected chi connectivity index (χ4v) is 1.98. The average molecular weight is 343 g/mol. The summed E-state index contributed by atoms with van der Waals surface area (Å²) in [5, 5.41) is 11.6. The number of rotatable bonds is 3. The van der Waals surface area contributed by atoms with Gasteiger partial charge in [0.1, 0.15) is 11.6 Å². The summed E-state index contributed by atoms with van der Waals surface area (Å²) in [7, 11) is 0. The van der Waals surface area contributed by atoms with Crippen LogP contribution in [-0.2, 0) is 0 Å². The molecule has 2 aromatic rings. The molecule has 0 spiro atoms. The van der Waals surface area contributed by atoms with Gasteiger partial charge in [0.15, 0.2) is 0 Å². The number of nitrogens with one attached hydrogen (secondary N) is 1. The van der Waals surface area contributed by atoms with Crippen LogP contribution in [0.3, 0.4) is 0 Å². The van der Waals surface area contributed by atoms with Gasteiger partial charge >= 0.3 is 5.97 Å². The first-order chi connectivity index (χ1) is 9.38. The summed E-state index contributed by atoms with van der Waals surface area (Å²) >= 11 is 3.00. The average Bonchev–Trinajstić information content (AvgIpc) is 2.36. The zero-order chi connectivity index (χ0) is 14.9. The van der Waals surface area contributed by atoms with Gasteiger partial charge in [0.2, 0.25) is 0 Å². The van der Waals surface area contributed by atoms with Crippen molar-refractivity contribution in [2.45, 2.75) is 0 Å². The molecule has 0 unspecified atom stereocenters. The molecule has 20 heavy (non-hydrogen) atoms. The van der Waals surface area contributed by atoms with Crippen molar-refractivity contribution in [2.75, 3.05) is 11.1 Å². The largest absolute Gasteiger partial charge is 0.478 e. The first kappa shape index (κ1) is 14.3. The lowest BCUT2D eigenvalue weighted by atomic mass is 10.1. The smallest absolute Gasteiger partial charge is 0.337 e. The minimum Gasteiger partial charge on any atom is -0.478 e. The number of hydrogen-bond donors (Lipinski definition) is 3. The van der Waals surface area contributed by atoms with Gasteiger partial charge in [-0.05, 0) is 46.3 Å². The SMILES string of the molecule is Nc1cc(F)c(Nc2ccc(F)c(Br)c2)cc1C(=O)O. The van der Waals surface area contributed by atoms with Gasteiger partial charge in [-0.2, -0.15) is 0 Å². The van der Waals surface area contributed by atoms with Crippen molar-refractivity contribution in [2.24, 2.45) is 0 Å². The molecular weight excluding hydrogens is 334 g/mol. The fraction of sp³-hybridized carbons (Fsp3) is 0. The monoisotopic (exact) mass is 342 g/mol. The standard InChI is InChI=1S/C13H9BrF2N2O2/c14-8-3-6(1-2-9(8)15)18-12-4-7(13(19)20)11(17)5-10(12)16/h1-5,18H,17H2,(H,19,20). The van der Waals surface area contributed by atoms with Crippen molar-refractivity contribution in [3.05, 3.63) is 52.0 Å². The van der Waals surface area contributed by atoms with E-state index in [-0.39, 0.29) is 21.4 Å². The number of benzene rings is 2. The Morgan fingerprint density at radius 1 is 1.20 bits per heavy atom. The Balaban J connectivity index is 2.40. The molecule has 2 rings (SSSR count). The molecule has 0 saturated heterocycles. The third-order valence-electron chi connectivity index (χ3n) is 2.57. The highest BCUT2D eigenvalue weighted by molar-refractivity contribution is 9.10. The molecule has 0 atom stereocenters. The molecule has 0 aliphatic rings. The predicted molar refractivity (Wildman–Crippen MR) is 75.2 cm³/mol. The van der Waals surface area contributed by atoms with E-state index in [2.05, 4.69) is 21.2 Å². The van der Waals surface area contributed by atoms with Crippen LogP contribution in [-0.4, -0.2) is 11.1 Å². The summed E-state index contributed by atoms with van der Waals surface area (Å²) in [6.45, 7) is 0. The van der Waals surface area contributed by atoms with Crippen molar-refractivity contribution in [3.8, 4) is 0 Å². The van der Waals surface area contributed by atoms with E-state index in [1.807, 2.05) is 0 Å². The molecule has 4 N–H and O–H groups in total. The van der Waals surface area contributed by atoms with E-state index in [1.54, 1.807) is 0 Å². The number of anilines is 3. The topological polar surface area (TPSA) is 75.3 Å². The van der Waals surface area contributed by atoms with Crippen LogP contribution in [0.5, 0.6) is 0 Å². The van der Waals surface area contributed by atoms with Crippen molar-refractivity contribution < 1.29 is 18.7 Å². The number of nitrogens with two attached hydrogens (primary N) is 1. The number of carboxylic acids is 1. The lowest BCUT2D eigenvalue weighted by molar-refractivity contribution is 0.0698. The Morgan fingerprint density at radius 3 is 2.50 bits per heavy atom. The van der Waals surface area contributed by atoms with Crippen LogP contribution in [0.2, 0.25) is 0 Å². The number of aromatic carboxylic acids is 1. The quantitative estimate of drug-likeness (QED) is 0.742. The van der Waals surface area contributed by atoms with Crippen LogP contribution >= 0.6 is 15.9 Å². The van der Waals surface area contributed by atoms with E-state index in [0.29, 0.717) is 5.69 Å². The number of carboxylic acid groups (broad SMARTS) is 1. The number of nitrogen functional groups attached to an aromatic ring is 1. The summed E-state index contributed by atoms with van der Waals surface area (Å²) < 4.78 is 27.0. The van der Waals surface area contributed by atoms with Crippen molar-refractivity contribution >= 4 is 39.0 Å². The van der Waals surface area contributed by atoms with E-state index < -0.39 is 17.6 Å². The molecule has 2 aromatic carbocycles. The van der Waals surface area contributed by atoms with E-state index in [9.17, 15) is 13.6 Å². The molecule has 0 amide bonds. The van der Waals surface area contributed by atoms with Gasteiger partial charge in [-0.15, -0.1) is 0 Å². The highest BCUT2D eigenvalue weighted by atomic mass is 79.9. The zero-order valence-electron chi connectivity index (χ0n) is 9.95. The number of carbonyl (C=O) groups is 1. The van der Waals surface area contributed by atoms with Gasteiger partial charge in [0.05, 0.1) is 15.7 Å². The maximum atomic E-state index is 13.7. The zero-order valence-corrected chi connectivity index (χ0v) is 11.5. The van der Waals surface area contributed by atoms with Crippen molar-refractivity contribution in [1.82, 2.24) is 0 Å². The van der Waals surface area contributed by atoms with Crippen LogP contribution in [0.1, 0.15) is 10.4 Å². The van der Waals surface area contributed by atoms with Gasteiger partial charge in [0, 0.05) is 11.4 Å². The first-order valence-electron chi connectivity index (χ1n) is 5.43. The van der Waals surface area contributed by atoms with Gasteiger partial charge in [-0.3, -0.25) is 0 Å². The Labute approximate surface area is 121 Å². The van der Waals surface area contributed by atoms with Crippen LogP contribution in [0.25, 0.3) is 0 Å². The molecule has 0 saturated carbocycles. The normalized spacial score (nSPS) is 10.3. The molecule has 0 aromatic heterocycles. The van der Waals surface area contributed by atoms with Gasteiger partial charge in [-0.25, -0.2) is 13.6 Å². The van der Waals surface area contributed by atoms with E-state index in [1.165, 1.54) is 18.2 Å². The first-order valence-corrected chi connectivity index (χ1v) is 6.22. The maximum Gasteiger partial charge on any atom is 0.337 e. The molecule has 0 aliphatic carbocycles. The van der Waals surface area contributed by atoms with E-state index >= 15 is 0 Å². The second-order valence-corrected chi connectivity index (χ2v) is 4.83. The molecular formula is C13H9BrF2N2O2. The van der Waals surface area contributed by atoms with Crippen LogP contribution in [0.4, 0.5) is 25.8 Å². The van der Waals surface area contributed by atoms with Gasteiger partial charge in [0.25, 0.3) is 0 Å². The Bertz CT molecular complexity index is 692. The highest BCUT2D eigenvalue weighted by Gasteiger charge is 2.13. The minimum atomic E-state index is -1.26. The number of hydrogen-bond acceptors (Lipinski definition) is 3. The summed E-state index contributed by atoms with van der Waals surface area (Å²) in [6, 6.07) is 6.01. The van der Waals surface area contributed by atoms with Crippen molar-refractivity contribution in [3.63, 3.8) is 0 Å². The van der Waals surface area contributed by atoms with Crippen molar-refractivity contribution in [1.29, 1.82) is 0 Å². The molecule has 0 bridgehead atoms. The molecule has 7 heteroatoms. The maximum absolute atomic E-state index is 13.7. The van der Waals surface area contributed by atoms with Crippen LogP contribution in [0, 0.1) is 11.6 Å². The summed E-state index contributed by atoms with van der Waals surface area (Å²) in [5.41, 5.74) is 5.39. The highest BCUT2D eigenvalue weighted by Crippen LogP contribution is 2.27. The fourth-order valence-electron chi connectivity index (χ4n) is 1.60. The van der Waals surface area contributed by atoms with E-state index in [4.69, 9.17) is 10.8 Å². The lowest BCUT2D eigenvalue weighted by Crippen LogP contribution is -2.05. The van der Waals surface area contributed by atoms with Gasteiger partial charge < -0.3 is 16.2 Å². The van der Waals surface area contributed by atoms with Crippen LogP contribution < -0.4 is 11.1 Å². The second-order valence-electron chi connectivity index (χ2n) is 3.98. The summed E-state index contributed by atoms with van der Waals surface area (Å²) in [6.07, 6.45) is 0. The molecule has 0 fully saturated rings.